The first-order valence-corrected chi connectivity index (χ1v) is 7.92. The molecule has 2 aromatic rings. The Kier molecular flexibility index (Phi) is 3.78. The fourth-order valence-corrected chi connectivity index (χ4v) is 3.57. The van der Waals surface area contributed by atoms with Crippen molar-refractivity contribution in [3.05, 3.63) is 47.8 Å². The predicted molar refractivity (Wildman–Crippen MR) is 81.4 cm³/mol. The minimum atomic E-state index is 0.303. The number of aryl methyl sites for hydroxylation is 1. The van der Waals surface area contributed by atoms with Gasteiger partial charge in [-0.1, -0.05) is 0 Å². The second-order valence-corrected chi connectivity index (χ2v) is 6.29. The summed E-state index contributed by atoms with van der Waals surface area (Å²) >= 11 is 0. The Morgan fingerprint density at radius 1 is 1.18 bits per heavy atom. The minimum Gasteiger partial charge on any atom is -0.472 e. The van der Waals surface area contributed by atoms with Crippen LogP contribution in [0, 0.1) is 6.92 Å². The van der Waals surface area contributed by atoms with E-state index in [4.69, 9.17) is 13.6 Å². The van der Waals surface area contributed by atoms with Crippen LogP contribution in [0.15, 0.2) is 39.6 Å². The summed E-state index contributed by atoms with van der Waals surface area (Å²) in [5.74, 6) is 2.03. The molecule has 0 radical (unpaired) electrons. The maximum Gasteiger partial charge on any atom is 0.118 e. The van der Waals surface area contributed by atoms with Crippen molar-refractivity contribution in [1.29, 1.82) is 0 Å². The summed E-state index contributed by atoms with van der Waals surface area (Å²) in [5.41, 5.74) is 1.23. The van der Waals surface area contributed by atoms with E-state index >= 15 is 0 Å². The fourth-order valence-electron chi connectivity index (χ4n) is 3.57. The lowest BCUT2D eigenvalue weighted by Gasteiger charge is -2.36. The molecule has 0 saturated carbocycles. The van der Waals surface area contributed by atoms with Gasteiger partial charge in [0.25, 0.3) is 0 Å². The van der Waals surface area contributed by atoms with Crippen LogP contribution in [0.3, 0.4) is 0 Å². The average molecular weight is 302 g/mol. The van der Waals surface area contributed by atoms with Crippen LogP contribution < -0.4 is 0 Å². The molecule has 0 amide bonds. The number of hydrogen-bond donors (Lipinski definition) is 0. The highest BCUT2D eigenvalue weighted by Gasteiger charge is 2.40. The van der Waals surface area contributed by atoms with Gasteiger partial charge in [0, 0.05) is 31.7 Å². The maximum atomic E-state index is 5.99. The van der Waals surface area contributed by atoms with Crippen molar-refractivity contribution < 1.29 is 13.6 Å². The Bertz CT molecular complexity index is 607. The maximum absolute atomic E-state index is 5.99. The molecule has 0 N–H and O–H groups in total. The lowest BCUT2D eigenvalue weighted by molar-refractivity contribution is -0.0523. The Labute approximate surface area is 130 Å². The molecule has 0 bridgehead atoms. The lowest BCUT2D eigenvalue weighted by atomic mass is 10.1. The van der Waals surface area contributed by atoms with Crippen molar-refractivity contribution in [1.82, 2.24) is 9.80 Å². The van der Waals surface area contributed by atoms with E-state index in [-0.39, 0.29) is 0 Å². The number of ether oxygens (including phenoxy) is 1. The number of nitrogens with zero attached hydrogens (tertiary/aromatic N) is 2. The molecule has 22 heavy (non-hydrogen) atoms. The summed E-state index contributed by atoms with van der Waals surface area (Å²) in [7, 11) is 0. The topological polar surface area (TPSA) is 42.0 Å². The monoisotopic (exact) mass is 302 g/mol. The lowest BCUT2D eigenvalue weighted by Crippen LogP contribution is -2.50. The smallest absolute Gasteiger partial charge is 0.118 e. The van der Waals surface area contributed by atoms with Gasteiger partial charge in [-0.05, 0) is 25.1 Å². The molecule has 5 heteroatoms. The fraction of sp³-hybridized carbons (Fsp3) is 0.529. The zero-order valence-corrected chi connectivity index (χ0v) is 12.9. The van der Waals surface area contributed by atoms with Gasteiger partial charge in [0.1, 0.15) is 11.5 Å². The Morgan fingerprint density at radius 3 is 2.91 bits per heavy atom. The molecular weight excluding hydrogens is 280 g/mol. The van der Waals surface area contributed by atoms with Crippen LogP contribution in [0.4, 0.5) is 0 Å². The van der Waals surface area contributed by atoms with Crippen molar-refractivity contribution in [3.8, 4) is 0 Å². The van der Waals surface area contributed by atoms with Gasteiger partial charge in [0.2, 0.25) is 0 Å². The van der Waals surface area contributed by atoms with E-state index in [1.54, 1.807) is 6.26 Å². The Morgan fingerprint density at radius 2 is 2.14 bits per heavy atom. The van der Waals surface area contributed by atoms with Gasteiger partial charge in [-0.3, -0.25) is 9.80 Å². The van der Waals surface area contributed by atoms with E-state index in [1.807, 2.05) is 25.3 Å². The molecule has 5 nitrogen and oxygen atoms in total. The first-order chi connectivity index (χ1) is 10.8. The molecule has 0 spiro atoms. The molecule has 4 heterocycles. The number of furan rings is 2. The van der Waals surface area contributed by atoms with Crippen LogP contribution in [0.2, 0.25) is 0 Å². The number of likely N-dealkylation sites (tertiary alicyclic amines) is 1. The molecule has 0 unspecified atom stereocenters. The second kappa shape index (κ2) is 5.91. The minimum absolute atomic E-state index is 0.303. The Hall–Kier alpha value is -1.56. The molecule has 2 aromatic heterocycles. The normalized spacial score (nSPS) is 26.4. The zero-order chi connectivity index (χ0) is 14.9. The third-order valence-corrected chi connectivity index (χ3v) is 4.63. The number of fused-ring (bicyclic) bond motifs is 1. The van der Waals surface area contributed by atoms with Gasteiger partial charge in [-0.25, -0.2) is 0 Å². The molecule has 118 valence electrons. The number of hydrogen-bond acceptors (Lipinski definition) is 5. The molecule has 0 aliphatic carbocycles. The quantitative estimate of drug-likeness (QED) is 0.866. The number of morpholine rings is 1. The van der Waals surface area contributed by atoms with Crippen LogP contribution in [-0.2, 0) is 17.8 Å². The van der Waals surface area contributed by atoms with Crippen molar-refractivity contribution in [2.75, 3.05) is 26.2 Å². The third-order valence-electron chi connectivity index (χ3n) is 4.63. The van der Waals surface area contributed by atoms with Crippen LogP contribution in [-0.4, -0.2) is 48.2 Å². The van der Waals surface area contributed by atoms with E-state index in [2.05, 4.69) is 15.9 Å². The Balaban J connectivity index is 1.42. The highest BCUT2D eigenvalue weighted by Crippen LogP contribution is 2.26. The van der Waals surface area contributed by atoms with Gasteiger partial charge in [-0.2, -0.15) is 0 Å². The third kappa shape index (κ3) is 2.84. The van der Waals surface area contributed by atoms with Crippen LogP contribution >= 0.6 is 0 Å². The van der Waals surface area contributed by atoms with Gasteiger partial charge in [0.05, 0.1) is 37.8 Å². The van der Waals surface area contributed by atoms with Crippen LogP contribution in [0.5, 0.6) is 0 Å². The second-order valence-electron chi connectivity index (χ2n) is 6.29. The van der Waals surface area contributed by atoms with Crippen molar-refractivity contribution in [2.45, 2.75) is 32.2 Å². The van der Waals surface area contributed by atoms with E-state index in [9.17, 15) is 0 Å². The molecule has 2 saturated heterocycles. The molecule has 4 rings (SSSR count). The zero-order valence-electron chi connectivity index (χ0n) is 12.9. The van der Waals surface area contributed by atoms with Crippen molar-refractivity contribution >= 4 is 0 Å². The summed E-state index contributed by atoms with van der Waals surface area (Å²) in [5, 5.41) is 0. The van der Waals surface area contributed by atoms with Gasteiger partial charge in [0.15, 0.2) is 0 Å². The van der Waals surface area contributed by atoms with Crippen LogP contribution in [0.25, 0.3) is 0 Å². The molecule has 2 aliphatic rings. The van der Waals surface area contributed by atoms with Gasteiger partial charge in [-0.15, -0.1) is 0 Å². The largest absolute Gasteiger partial charge is 0.472 e. The summed E-state index contributed by atoms with van der Waals surface area (Å²) in [4.78, 5) is 4.95. The molecule has 2 fully saturated rings. The first-order valence-electron chi connectivity index (χ1n) is 7.92. The molecule has 2 aliphatic heterocycles. The SMILES string of the molecule is Cc1ccc(CN2CCO[C@@H]3CN(Cc4ccoc4)C[C@@H]32)o1. The van der Waals surface area contributed by atoms with E-state index in [0.717, 1.165) is 50.9 Å². The molecule has 2 atom stereocenters. The molecule has 0 aromatic carbocycles. The average Bonchev–Trinajstić information content (AvgIpc) is 3.21. The van der Waals surface area contributed by atoms with Gasteiger partial charge >= 0.3 is 0 Å². The predicted octanol–water partition coefficient (Wildman–Crippen LogP) is 2.27. The first kappa shape index (κ1) is 14.1. The van der Waals surface area contributed by atoms with Gasteiger partial charge < -0.3 is 13.6 Å². The van der Waals surface area contributed by atoms with Crippen LogP contribution in [0.1, 0.15) is 17.1 Å². The number of rotatable bonds is 4. The summed E-state index contributed by atoms with van der Waals surface area (Å²) in [6, 6.07) is 6.60. The van der Waals surface area contributed by atoms with E-state index in [0.29, 0.717) is 12.1 Å². The highest BCUT2D eigenvalue weighted by atomic mass is 16.5. The standard InChI is InChI=1S/C17H22N2O3/c1-13-2-3-15(22-13)9-19-5-7-21-17-11-18(10-16(17)19)8-14-4-6-20-12-14/h2-4,6,12,16-17H,5,7-11H2,1H3/t16-,17+/m0/s1. The van der Waals surface area contributed by atoms with Crippen molar-refractivity contribution in [2.24, 2.45) is 0 Å². The summed E-state index contributed by atoms with van der Waals surface area (Å²) in [6.07, 6.45) is 3.86. The van der Waals surface area contributed by atoms with E-state index < -0.39 is 0 Å². The van der Waals surface area contributed by atoms with E-state index in [1.165, 1.54) is 5.56 Å². The molecular formula is C17H22N2O3. The van der Waals surface area contributed by atoms with Crippen molar-refractivity contribution in [3.63, 3.8) is 0 Å². The summed E-state index contributed by atoms with van der Waals surface area (Å²) < 4.78 is 16.9. The highest BCUT2D eigenvalue weighted by molar-refractivity contribution is 5.08. The summed E-state index contributed by atoms with van der Waals surface area (Å²) in [6.45, 7) is 7.60.